The van der Waals surface area contributed by atoms with E-state index in [1.165, 1.54) is 44.9 Å². The first-order valence-corrected chi connectivity index (χ1v) is 7.44. The molecule has 0 spiro atoms. The van der Waals surface area contributed by atoms with E-state index in [2.05, 4.69) is 13.0 Å². The van der Waals surface area contributed by atoms with Crippen molar-refractivity contribution in [1.82, 2.24) is 0 Å². The van der Waals surface area contributed by atoms with Crippen molar-refractivity contribution in [2.75, 3.05) is 0 Å². The van der Waals surface area contributed by atoms with Crippen LogP contribution >= 0.6 is 34.3 Å². The fourth-order valence-corrected chi connectivity index (χ4v) is 4.12. The molecule has 86 valence electrons. The molecule has 0 aliphatic heterocycles. The molecule has 0 N–H and O–H groups in total. The number of aryl methyl sites for hydroxylation is 1. The molecule has 1 nitrogen and oxygen atoms in total. The molecular weight excluding hydrogens is 260 g/mol. The highest BCUT2D eigenvalue weighted by molar-refractivity contribution is 7.29. The van der Waals surface area contributed by atoms with Crippen molar-refractivity contribution < 1.29 is 4.79 Å². The van der Waals surface area contributed by atoms with E-state index < -0.39 is 0 Å². The van der Waals surface area contributed by atoms with E-state index in [9.17, 15) is 4.79 Å². The first-order valence-electron chi connectivity index (χ1n) is 5.42. The molecule has 0 aliphatic rings. The normalized spacial score (nSPS) is 11.1. The van der Waals surface area contributed by atoms with Crippen LogP contribution in [0.15, 0.2) is 12.1 Å². The summed E-state index contributed by atoms with van der Waals surface area (Å²) in [4.78, 5) is 13.1. The summed E-state index contributed by atoms with van der Waals surface area (Å²) in [6.07, 6.45) is 4.96. The monoisotopic (exact) mass is 272 g/mol. The largest absolute Gasteiger partial charge is 0.275 e. The van der Waals surface area contributed by atoms with E-state index in [0.29, 0.717) is 4.88 Å². The van der Waals surface area contributed by atoms with Crippen LogP contribution in [0.4, 0.5) is 0 Å². The number of carbonyl (C=O) groups is 1. The molecule has 2 heterocycles. The van der Waals surface area contributed by atoms with E-state index >= 15 is 0 Å². The van der Waals surface area contributed by atoms with Gasteiger partial charge in [0.15, 0.2) is 0 Å². The Hall–Kier alpha value is -0.380. The van der Waals surface area contributed by atoms with Gasteiger partial charge in [-0.05, 0) is 36.6 Å². The highest BCUT2D eigenvalue weighted by atomic mass is 35.5. The van der Waals surface area contributed by atoms with Gasteiger partial charge in [-0.2, -0.15) is 0 Å². The summed E-state index contributed by atoms with van der Waals surface area (Å²) in [5.41, 5.74) is 0. The van der Waals surface area contributed by atoms with Gasteiger partial charge in [-0.1, -0.05) is 19.8 Å². The molecule has 0 radical (unpaired) electrons. The van der Waals surface area contributed by atoms with Crippen LogP contribution in [0.25, 0.3) is 9.40 Å². The molecule has 2 aromatic heterocycles. The highest BCUT2D eigenvalue weighted by Gasteiger charge is 2.10. The molecule has 2 aromatic rings. The van der Waals surface area contributed by atoms with Crippen LogP contribution in [0.3, 0.4) is 0 Å². The van der Waals surface area contributed by atoms with Gasteiger partial charge in [0, 0.05) is 14.3 Å². The lowest BCUT2D eigenvalue weighted by molar-refractivity contribution is 0.108. The van der Waals surface area contributed by atoms with Crippen molar-refractivity contribution in [2.45, 2.75) is 32.6 Å². The Balaban J connectivity index is 2.13. The third kappa shape index (κ3) is 2.65. The predicted molar refractivity (Wildman–Crippen MR) is 73.1 cm³/mol. The Morgan fingerprint density at radius 3 is 2.62 bits per heavy atom. The maximum atomic E-state index is 11.0. The Labute approximate surface area is 108 Å². The van der Waals surface area contributed by atoms with Crippen molar-refractivity contribution >= 4 is 48.9 Å². The van der Waals surface area contributed by atoms with Crippen molar-refractivity contribution in [3.63, 3.8) is 0 Å². The van der Waals surface area contributed by atoms with Crippen LogP contribution in [-0.4, -0.2) is 5.24 Å². The minimum absolute atomic E-state index is 0.346. The molecule has 0 fully saturated rings. The summed E-state index contributed by atoms with van der Waals surface area (Å²) in [5.74, 6) is 0. The zero-order valence-electron chi connectivity index (χ0n) is 9.09. The third-order valence-electron chi connectivity index (χ3n) is 2.48. The summed E-state index contributed by atoms with van der Waals surface area (Å²) in [7, 11) is 0. The van der Waals surface area contributed by atoms with Gasteiger partial charge in [0.05, 0.1) is 4.88 Å². The second kappa shape index (κ2) is 5.30. The van der Waals surface area contributed by atoms with E-state index in [1.54, 1.807) is 11.3 Å². The van der Waals surface area contributed by atoms with Crippen LogP contribution in [0.1, 0.15) is 40.7 Å². The maximum Gasteiger partial charge on any atom is 0.262 e. The average Bonchev–Trinajstić information content (AvgIpc) is 2.75. The van der Waals surface area contributed by atoms with Gasteiger partial charge < -0.3 is 0 Å². The quantitative estimate of drug-likeness (QED) is 0.548. The number of thiophene rings is 2. The Bertz CT molecular complexity index is 467. The first-order chi connectivity index (χ1) is 7.70. The van der Waals surface area contributed by atoms with Crippen molar-refractivity contribution in [3.05, 3.63) is 21.9 Å². The van der Waals surface area contributed by atoms with Crippen LogP contribution < -0.4 is 0 Å². The molecule has 4 heteroatoms. The minimum atomic E-state index is -0.346. The maximum absolute atomic E-state index is 11.0. The van der Waals surface area contributed by atoms with E-state index in [-0.39, 0.29) is 5.24 Å². The fraction of sp³-hybridized carbons (Fsp3) is 0.417. The summed E-state index contributed by atoms with van der Waals surface area (Å²) >= 11 is 8.73. The summed E-state index contributed by atoms with van der Waals surface area (Å²) in [5, 5.41) is -0.346. The Kier molecular flexibility index (Phi) is 4.00. The minimum Gasteiger partial charge on any atom is -0.275 e. The lowest BCUT2D eigenvalue weighted by Crippen LogP contribution is -1.80. The zero-order valence-corrected chi connectivity index (χ0v) is 11.5. The molecule has 0 aliphatic carbocycles. The van der Waals surface area contributed by atoms with Gasteiger partial charge in [0.25, 0.3) is 5.24 Å². The average molecular weight is 273 g/mol. The van der Waals surface area contributed by atoms with Crippen molar-refractivity contribution in [1.29, 1.82) is 0 Å². The number of carbonyl (C=O) groups excluding carboxylic acids is 1. The molecule has 0 unspecified atom stereocenters. The molecule has 0 bridgehead atoms. The molecule has 0 saturated carbocycles. The second-order valence-electron chi connectivity index (χ2n) is 3.78. The van der Waals surface area contributed by atoms with Gasteiger partial charge in [0.1, 0.15) is 0 Å². The number of unbranched alkanes of at least 4 members (excludes halogenated alkanes) is 2. The summed E-state index contributed by atoms with van der Waals surface area (Å²) in [6, 6.07) is 4.10. The molecule has 0 atom stereocenters. The van der Waals surface area contributed by atoms with Crippen LogP contribution in [-0.2, 0) is 6.42 Å². The topological polar surface area (TPSA) is 17.1 Å². The van der Waals surface area contributed by atoms with E-state index in [0.717, 1.165) is 6.42 Å². The molecule has 2 rings (SSSR count). The number of hydrogen-bond acceptors (Lipinski definition) is 3. The SMILES string of the molecule is CCCCCc1cc2sc(C(=O)Cl)cc2s1. The van der Waals surface area contributed by atoms with Crippen molar-refractivity contribution in [2.24, 2.45) is 0 Å². The number of hydrogen-bond donors (Lipinski definition) is 0. The predicted octanol–water partition coefficient (Wildman–Crippen LogP) is 5.07. The molecular formula is C12H13ClOS2. The molecule has 0 aromatic carbocycles. The highest BCUT2D eigenvalue weighted by Crippen LogP contribution is 2.34. The smallest absolute Gasteiger partial charge is 0.262 e. The number of halogens is 1. The van der Waals surface area contributed by atoms with Crippen molar-refractivity contribution in [3.8, 4) is 0 Å². The lowest BCUT2D eigenvalue weighted by Gasteiger charge is -1.94. The molecule has 16 heavy (non-hydrogen) atoms. The fourth-order valence-electron chi connectivity index (χ4n) is 1.65. The molecule has 0 saturated heterocycles. The van der Waals surface area contributed by atoms with Crippen LogP contribution in [0.2, 0.25) is 0 Å². The first kappa shape index (κ1) is 12.1. The standard InChI is InChI=1S/C12H13ClOS2/c1-2-3-4-5-8-6-9-10(15-8)7-11(16-9)12(13)14/h6-7H,2-5H2,1H3. The Morgan fingerprint density at radius 2 is 2.00 bits per heavy atom. The second-order valence-corrected chi connectivity index (χ2v) is 6.38. The van der Waals surface area contributed by atoms with E-state index in [4.69, 9.17) is 11.6 Å². The van der Waals surface area contributed by atoms with E-state index in [1.807, 2.05) is 6.07 Å². The third-order valence-corrected chi connectivity index (χ3v) is 5.15. The lowest BCUT2D eigenvalue weighted by atomic mass is 10.2. The van der Waals surface area contributed by atoms with Gasteiger partial charge in [-0.15, -0.1) is 22.7 Å². The van der Waals surface area contributed by atoms with Gasteiger partial charge in [-0.25, -0.2) is 0 Å². The number of fused-ring (bicyclic) bond motifs is 1. The van der Waals surface area contributed by atoms with Gasteiger partial charge in [-0.3, -0.25) is 4.79 Å². The van der Waals surface area contributed by atoms with Crippen LogP contribution in [0, 0.1) is 0 Å². The van der Waals surface area contributed by atoms with Gasteiger partial charge in [0.2, 0.25) is 0 Å². The van der Waals surface area contributed by atoms with Crippen LogP contribution in [0.5, 0.6) is 0 Å². The zero-order chi connectivity index (χ0) is 11.5. The summed E-state index contributed by atoms with van der Waals surface area (Å²) in [6.45, 7) is 2.21. The van der Waals surface area contributed by atoms with Gasteiger partial charge >= 0.3 is 0 Å². The molecule has 0 amide bonds. The summed E-state index contributed by atoms with van der Waals surface area (Å²) < 4.78 is 2.39. The Morgan fingerprint density at radius 1 is 1.25 bits per heavy atom. The number of rotatable bonds is 5.